The third-order valence-electron chi connectivity index (χ3n) is 9.88. The number of aromatic nitrogens is 4. The fourth-order valence-electron chi connectivity index (χ4n) is 7.54. The van der Waals surface area contributed by atoms with Gasteiger partial charge in [-0.15, -0.1) is 22.7 Å². The van der Waals surface area contributed by atoms with Crippen molar-refractivity contribution in [2.24, 2.45) is 0 Å². The van der Waals surface area contributed by atoms with Crippen LogP contribution in [0.1, 0.15) is 0 Å². The summed E-state index contributed by atoms with van der Waals surface area (Å²) in [4.78, 5) is 15.3. The van der Waals surface area contributed by atoms with Crippen molar-refractivity contribution < 1.29 is 0 Å². The van der Waals surface area contributed by atoms with Crippen molar-refractivity contribution in [3.05, 3.63) is 158 Å². The Bertz CT molecular complexity index is 3140. The molecule has 4 nitrogen and oxygen atoms in total. The predicted octanol–water partition coefficient (Wildman–Crippen LogP) is 12.7. The highest BCUT2D eigenvalue weighted by Gasteiger charge is 2.19. The molecule has 7 aromatic carbocycles. The Balaban J connectivity index is 1.08. The summed E-state index contributed by atoms with van der Waals surface area (Å²) in [5.41, 5.74) is 6.40. The Hall–Kier alpha value is -6.21. The van der Waals surface area contributed by atoms with Gasteiger partial charge in [0.2, 0.25) is 0 Å². The zero-order valence-electron chi connectivity index (χ0n) is 27.1. The van der Waals surface area contributed by atoms with E-state index in [-0.39, 0.29) is 0 Å². The Morgan fingerprint density at radius 2 is 0.941 bits per heavy atom. The van der Waals surface area contributed by atoms with Crippen molar-refractivity contribution in [3.8, 4) is 39.9 Å². The van der Waals surface area contributed by atoms with E-state index in [0.29, 0.717) is 17.5 Å². The molecule has 0 saturated heterocycles. The van der Waals surface area contributed by atoms with Crippen LogP contribution in [0.15, 0.2) is 158 Å². The quantitative estimate of drug-likeness (QED) is 0.185. The molecule has 0 aliphatic heterocycles. The van der Waals surface area contributed by atoms with Gasteiger partial charge in [-0.25, -0.2) is 15.0 Å². The van der Waals surface area contributed by atoms with Gasteiger partial charge >= 0.3 is 0 Å². The fraction of sp³-hybridized carbons (Fsp3) is 0. The van der Waals surface area contributed by atoms with Crippen LogP contribution in [0.3, 0.4) is 0 Å². The molecule has 0 N–H and O–H groups in total. The molecule has 238 valence electrons. The molecular weight excluding hydrogens is 661 g/mol. The third-order valence-corrected chi connectivity index (χ3v) is 12.3. The van der Waals surface area contributed by atoms with Gasteiger partial charge in [-0.1, -0.05) is 103 Å². The Morgan fingerprint density at radius 1 is 0.373 bits per heavy atom. The summed E-state index contributed by atoms with van der Waals surface area (Å²) in [6.07, 6.45) is 0. The van der Waals surface area contributed by atoms with E-state index in [1.807, 2.05) is 29.5 Å². The minimum absolute atomic E-state index is 0.651. The van der Waals surface area contributed by atoms with Crippen LogP contribution >= 0.6 is 22.7 Å². The summed E-state index contributed by atoms with van der Waals surface area (Å²) in [6, 6.07) is 55.9. The second-order valence-corrected chi connectivity index (χ2v) is 14.9. The molecule has 0 saturated carbocycles. The van der Waals surface area contributed by atoms with Gasteiger partial charge < -0.3 is 4.57 Å². The van der Waals surface area contributed by atoms with Crippen molar-refractivity contribution in [2.75, 3.05) is 0 Å². The first kappa shape index (κ1) is 28.6. The van der Waals surface area contributed by atoms with Gasteiger partial charge in [0.25, 0.3) is 0 Å². The highest BCUT2D eigenvalue weighted by Crippen LogP contribution is 2.44. The lowest BCUT2D eigenvalue weighted by atomic mass is 10.1. The smallest absolute Gasteiger partial charge is 0.165 e. The number of hydrogen-bond acceptors (Lipinski definition) is 5. The summed E-state index contributed by atoms with van der Waals surface area (Å²) in [6.45, 7) is 0. The maximum atomic E-state index is 5.15. The van der Waals surface area contributed by atoms with Gasteiger partial charge in [-0.05, 0) is 54.6 Å². The van der Waals surface area contributed by atoms with Crippen LogP contribution in [0.25, 0.3) is 102 Å². The molecule has 0 aliphatic carbocycles. The lowest BCUT2D eigenvalue weighted by molar-refractivity contribution is 1.08. The largest absolute Gasteiger partial charge is 0.309 e. The Labute approximate surface area is 300 Å². The molecule has 0 bridgehead atoms. The summed E-state index contributed by atoms with van der Waals surface area (Å²) >= 11 is 3.67. The van der Waals surface area contributed by atoms with Crippen LogP contribution in [0, 0.1) is 0 Å². The molecule has 11 rings (SSSR count). The summed E-state index contributed by atoms with van der Waals surface area (Å²) in [5.74, 6) is 1.99. The first-order valence-corrected chi connectivity index (χ1v) is 18.6. The minimum Gasteiger partial charge on any atom is -0.309 e. The van der Waals surface area contributed by atoms with Crippen molar-refractivity contribution in [2.45, 2.75) is 0 Å². The van der Waals surface area contributed by atoms with Crippen LogP contribution in [0.4, 0.5) is 0 Å². The number of benzene rings is 7. The maximum absolute atomic E-state index is 5.15. The second-order valence-electron chi connectivity index (χ2n) is 12.8. The highest BCUT2D eigenvalue weighted by molar-refractivity contribution is 7.27. The number of hydrogen-bond donors (Lipinski definition) is 0. The first-order chi connectivity index (χ1) is 25.3. The van der Waals surface area contributed by atoms with E-state index in [2.05, 4.69) is 144 Å². The molecule has 4 aromatic heterocycles. The molecule has 4 heterocycles. The lowest BCUT2D eigenvalue weighted by Crippen LogP contribution is -2.00. The number of fused-ring (bicyclic) bond motifs is 10. The van der Waals surface area contributed by atoms with E-state index in [1.54, 1.807) is 11.3 Å². The third kappa shape index (κ3) is 4.40. The number of para-hydroxylation sites is 1. The average Bonchev–Trinajstić information content (AvgIpc) is 3.88. The number of thiophene rings is 2. The van der Waals surface area contributed by atoms with Crippen LogP contribution in [0.2, 0.25) is 0 Å². The Morgan fingerprint density at radius 3 is 1.69 bits per heavy atom. The minimum atomic E-state index is 0.651. The normalized spacial score (nSPS) is 11.9. The zero-order chi connectivity index (χ0) is 33.5. The average molecular weight is 687 g/mol. The van der Waals surface area contributed by atoms with Crippen molar-refractivity contribution in [3.63, 3.8) is 0 Å². The number of nitrogens with zero attached hydrogens (tertiary/aromatic N) is 4. The highest BCUT2D eigenvalue weighted by atomic mass is 32.1. The molecule has 11 aromatic rings. The molecule has 0 aliphatic rings. The van der Waals surface area contributed by atoms with Gasteiger partial charge in [0.15, 0.2) is 17.5 Å². The summed E-state index contributed by atoms with van der Waals surface area (Å²) in [5, 5.41) is 7.67. The molecule has 0 fully saturated rings. The van der Waals surface area contributed by atoms with Gasteiger partial charge in [0, 0.05) is 73.5 Å². The summed E-state index contributed by atoms with van der Waals surface area (Å²) < 4.78 is 7.47. The Kier molecular flexibility index (Phi) is 6.26. The molecule has 0 radical (unpaired) electrons. The van der Waals surface area contributed by atoms with E-state index < -0.39 is 0 Å². The molecule has 51 heavy (non-hydrogen) atoms. The topological polar surface area (TPSA) is 43.6 Å². The fourth-order valence-corrected chi connectivity index (χ4v) is 10.0. The molecule has 6 heteroatoms. The monoisotopic (exact) mass is 686 g/mol. The van der Waals surface area contributed by atoms with Crippen molar-refractivity contribution in [1.29, 1.82) is 0 Å². The van der Waals surface area contributed by atoms with E-state index >= 15 is 0 Å². The van der Waals surface area contributed by atoms with Gasteiger partial charge in [0.1, 0.15) is 0 Å². The zero-order valence-corrected chi connectivity index (χ0v) is 28.7. The molecule has 0 unspecified atom stereocenters. The molecule has 0 atom stereocenters. The van der Waals surface area contributed by atoms with Crippen LogP contribution in [-0.2, 0) is 0 Å². The lowest BCUT2D eigenvalue weighted by Gasteiger charge is -2.11. The SMILES string of the molecule is c1ccc(-c2nc(-c3ccc(-n4c5ccccc5c5c6sc7ccccc7c6ccc54)cc3)nc(-c3cccc4c3sc3ccccc34)n2)cc1. The first-order valence-electron chi connectivity index (χ1n) is 16.9. The maximum Gasteiger partial charge on any atom is 0.165 e. The van der Waals surface area contributed by atoms with E-state index in [4.69, 9.17) is 15.0 Å². The number of rotatable bonds is 4. The standard InChI is InChI=1S/C45H26N4S2/c1-2-11-27(12-3-1)43-46-44(48-45(47-43)35-17-10-16-32-30-13-5-8-19-38(30)50-41(32)35)28-21-23-29(24-22-28)49-36-18-7-4-15-34(36)40-37(49)26-25-33-31-14-6-9-20-39(31)51-42(33)40/h1-26H. The van der Waals surface area contributed by atoms with Gasteiger partial charge in [-0.3, -0.25) is 0 Å². The van der Waals surface area contributed by atoms with Crippen LogP contribution in [0.5, 0.6) is 0 Å². The second kappa shape index (κ2) is 11.2. The van der Waals surface area contributed by atoms with Crippen LogP contribution < -0.4 is 0 Å². The molecule has 0 spiro atoms. The van der Waals surface area contributed by atoms with E-state index in [1.165, 1.54) is 62.2 Å². The van der Waals surface area contributed by atoms with Crippen molar-refractivity contribution in [1.82, 2.24) is 19.5 Å². The van der Waals surface area contributed by atoms with Gasteiger partial charge in [-0.2, -0.15) is 0 Å². The van der Waals surface area contributed by atoms with Gasteiger partial charge in [0.05, 0.1) is 11.0 Å². The van der Waals surface area contributed by atoms with Crippen molar-refractivity contribution >= 4 is 84.8 Å². The molecule has 0 amide bonds. The summed E-state index contributed by atoms with van der Waals surface area (Å²) in [7, 11) is 0. The molecular formula is C45H26N4S2. The van der Waals surface area contributed by atoms with E-state index in [9.17, 15) is 0 Å². The van der Waals surface area contributed by atoms with Crippen LogP contribution in [-0.4, -0.2) is 19.5 Å². The van der Waals surface area contributed by atoms with E-state index in [0.717, 1.165) is 22.4 Å². The predicted molar refractivity (Wildman–Crippen MR) is 216 cm³/mol.